The molecular weight excluding hydrogens is 359 g/mol. The van der Waals surface area contributed by atoms with Crippen molar-refractivity contribution in [1.29, 1.82) is 0 Å². The van der Waals surface area contributed by atoms with Crippen LogP contribution in [0.2, 0.25) is 0 Å². The number of anilines is 1. The predicted molar refractivity (Wildman–Crippen MR) is 80.2 cm³/mol. The summed E-state index contributed by atoms with van der Waals surface area (Å²) in [6.45, 7) is 0. The average molecular weight is 368 g/mol. The predicted octanol–water partition coefficient (Wildman–Crippen LogP) is 3.45. The van der Waals surface area contributed by atoms with Crippen molar-refractivity contribution in [2.45, 2.75) is 0 Å². The van der Waals surface area contributed by atoms with Crippen molar-refractivity contribution in [3.8, 4) is 0 Å². The second-order valence-corrected chi connectivity index (χ2v) is 4.98. The maximum Gasteiger partial charge on any atom is 0.292 e. The lowest BCUT2D eigenvalue weighted by Gasteiger charge is -2.06. The summed E-state index contributed by atoms with van der Waals surface area (Å²) in [4.78, 5) is 22.3. The molecule has 6 heteroatoms. The van der Waals surface area contributed by atoms with Gasteiger partial charge in [-0.3, -0.25) is 14.9 Å². The van der Waals surface area contributed by atoms with Crippen molar-refractivity contribution in [2.24, 2.45) is 0 Å². The first-order valence-electron chi connectivity index (χ1n) is 5.38. The number of hydrogen-bond acceptors (Lipinski definition) is 3. The number of nitro benzene ring substituents is 1. The highest BCUT2D eigenvalue weighted by atomic mass is 127. The number of nitrogens with one attached hydrogen (secondary N) is 1. The van der Waals surface area contributed by atoms with Gasteiger partial charge in [0.05, 0.1) is 4.92 Å². The summed E-state index contributed by atoms with van der Waals surface area (Å²) in [5, 5.41) is 13.4. The van der Waals surface area contributed by atoms with Gasteiger partial charge in [0.2, 0.25) is 0 Å². The second-order valence-electron chi connectivity index (χ2n) is 3.74. The third-order valence-corrected chi connectivity index (χ3v) is 3.11. The number of carbonyl (C=O) groups excluding carboxylic acids is 1. The SMILES string of the molecule is O=C(Nc1ccccc1[N+](=O)[O-])c1cccc(I)c1. The average Bonchev–Trinajstić information content (AvgIpc) is 2.39. The molecule has 2 aromatic carbocycles. The lowest BCUT2D eigenvalue weighted by atomic mass is 10.2. The summed E-state index contributed by atoms with van der Waals surface area (Å²) in [6, 6.07) is 13.0. The van der Waals surface area contributed by atoms with Crippen molar-refractivity contribution in [3.05, 3.63) is 67.8 Å². The smallest absolute Gasteiger partial charge is 0.292 e. The van der Waals surface area contributed by atoms with E-state index in [0.29, 0.717) is 5.56 Å². The molecule has 1 N–H and O–H groups in total. The van der Waals surface area contributed by atoms with Crippen molar-refractivity contribution in [1.82, 2.24) is 0 Å². The van der Waals surface area contributed by atoms with Crippen molar-refractivity contribution in [3.63, 3.8) is 0 Å². The van der Waals surface area contributed by atoms with Crippen LogP contribution < -0.4 is 5.32 Å². The van der Waals surface area contributed by atoms with Gasteiger partial charge in [0.25, 0.3) is 11.6 Å². The van der Waals surface area contributed by atoms with Crippen LogP contribution in [0.15, 0.2) is 48.5 Å². The minimum absolute atomic E-state index is 0.124. The van der Waals surface area contributed by atoms with E-state index in [1.54, 1.807) is 30.3 Å². The minimum Gasteiger partial charge on any atom is -0.316 e. The number of amides is 1. The molecule has 0 saturated heterocycles. The lowest BCUT2D eigenvalue weighted by Crippen LogP contribution is -2.13. The molecule has 0 aromatic heterocycles. The van der Waals surface area contributed by atoms with Gasteiger partial charge in [0, 0.05) is 15.2 Å². The zero-order valence-electron chi connectivity index (χ0n) is 9.67. The minimum atomic E-state index is -0.523. The Morgan fingerprint density at radius 2 is 1.89 bits per heavy atom. The van der Waals surface area contributed by atoms with Gasteiger partial charge in [-0.15, -0.1) is 0 Å². The van der Waals surface area contributed by atoms with Gasteiger partial charge in [0.1, 0.15) is 5.69 Å². The van der Waals surface area contributed by atoms with E-state index < -0.39 is 4.92 Å². The molecule has 0 aliphatic carbocycles. The monoisotopic (exact) mass is 368 g/mol. The molecule has 0 radical (unpaired) electrons. The molecule has 1 amide bonds. The van der Waals surface area contributed by atoms with Gasteiger partial charge >= 0.3 is 0 Å². The van der Waals surface area contributed by atoms with Crippen LogP contribution in [-0.4, -0.2) is 10.8 Å². The molecule has 0 fully saturated rings. The maximum absolute atomic E-state index is 12.0. The summed E-state index contributed by atoms with van der Waals surface area (Å²) >= 11 is 2.10. The first kappa shape index (κ1) is 13.5. The summed E-state index contributed by atoms with van der Waals surface area (Å²) in [5.41, 5.74) is 0.530. The number of para-hydroxylation sites is 2. The van der Waals surface area contributed by atoms with E-state index in [9.17, 15) is 14.9 Å². The van der Waals surface area contributed by atoms with Gasteiger partial charge < -0.3 is 5.32 Å². The fraction of sp³-hybridized carbons (Fsp3) is 0. The standard InChI is InChI=1S/C13H9IN2O3/c14-10-5-3-4-9(8-10)13(17)15-11-6-1-2-7-12(11)16(18)19/h1-8H,(H,15,17). The van der Waals surface area contributed by atoms with E-state index in [4.69, 9.17) is 0 Å². The Bertz CT molecular complexity index is 643. The van der Waals surface area contributed by atoms with Crippen LogP contribution in [0.3, 0.4) is 0 Å². The van der Waals surface area contributed by atoms with Crippen LogP contribution >= 0.6 is 22.6 Å². The molecule has 2 rings (SSSR count). The van der Waals surface area contributed by atoms with Crippen LogP contribution in [-0.2, 0) is 0 Å². The highest BCUT2D eigenvalue weighted by molar-refractivity contribution is 14.1. The van der Waals surface area contributed by atoms with E-state index >= 15 is 0 Å². The molecule has 0 bridgehead atoms. The Hall–Kier alpha value is -1.96. The molecule has 2 aromatic rings. The van der Waals surface area contributed by atoms with E-state index in [-0.39, 0.29) is 17.3 Å². The Balaban J connectivity index is 2.27. The van der Waals surface area contributed by atoms with E-state index in [1.165, 1.54) is 12.1 Å². The molecule has 0 heterocycles. The molecule has 0 unspecified atom stereocenters. The van der Waals surface area contributed by atoms with E-state index in [1.807, 2.05) is 6.07 Å². The van der Waals surface area contributed by atoms with E-state index in [0.717, 1.165) is 3.57 Å². The fourth-order valence-corrected chi connectivity index (χ4v) is 2.11. The molecule has 96 valence electrons. The lowest BCUT2D eigenvalue weighted by molar-refractivity contribution is -0.383. The maximum atomic E-state index is 12.0. The number of rotatable bonds is 3. The normalized spacial score (nSPS) is 9.95. The number of nitrogens with zero attached hydrogens (tertiary/aromatic N) is 1. The zero-order valence-corrected chi connectivity index (χ0v) is 11.8. The van der Waals surface area contributed by atoms with Crippen molar-refractivity contribution >= 4 is 39.9 Å². The number of nitro groups is 1. The number of hydrogen-bond donors (Lipinski definition) is 1. The first-order valence-corrected chi connectivity index (χ1v) is 6.46. The third kappa shape index (κ3) is 3.28. The Morgan fingerprint density at radius 3 is 2.58 bits per heavy atom. The van der Waals surface area contributed by atoms with Gasteiger partial charge in [0.15, 0.2) is 0 Å². The molecule has 19 heavy (non-hydrogen) atoms. The van der Waals surface area contributed by atoms with Crippen LogP contribution in [0, 0.1) is 13.7 Å². The summed E-state index contributed by atoms with van der Waals surface area (Å²) in [7, 11) is 0. The van der Waals surface area contributed by atoms with Gasteiger partial charge in [-0.2, -0.15) is 0 Å². The number of carbonyl (C=O) groups is 1. The van der Waals surface area contributed by atoms with Crippen LogP contribution in [0.1, 0.15) is 10.4 Å². The van der Waals surface area contributed by atoms with E-state index in [2.05, 4.69) is 27.9 Å². The van der Waals surface area contributed by atoms with Gasteiger partial charge in [-0.05, 0) is 46.9 Å². The largest absolute Gasteiger partial charge is 0.316 e. The summed E-state index contributed by atoms with van der Waals surface area (Å²) in [6.07, 6.45) is 0. The molecule has 0 atom stereocenters. The highest BCUT2D eigenvalue weighted by Crippen LogP contribution is 2.23. The first-order chi connectivity index (χ1) is 9.08. The van der Waals surface area contributed by atoms with Crippen LogP contribution in [0.25, 0.3) is 0 Å². The fourth-order valence-electron chi connectivity index (χ4n) is 1.56. The van der Waals surface area contributed by atoms with Crippen LogP contribution in [0.4, 0.5) is 11.4 Å². The molecular formula is C13H9IN2O3. The Morgan fingerprint density at radius 1 is 1.16 bits per heavy atom. The van der Waals surface area contributed by atoms with Crippen LogP contribution in [0.5, 0.6) is 0 Å². The third-order valence-electron chi connectivity index (χ3n) is 2.44. The second kappa shape index (κ2) is 5.79. The van der Waals surface area contributed by atoms with Gasteiger partial charge in [-0.1, -0.05) is 18.2 Å². The molecule has 5 nitrogen and oxygen atoms in total. The summed E-state index contributed by atoms with van der Waals surface area (Å²) < 4.78 is 0.924. The molecule has 0 spiro atoms. The molecule has 0 saturated carbocycles. The Labute approximate surface area is 122 Å². The quantitative estimate of drug-likeness (QED) is 0.513. The highest BCUT2D eigenvalue weighted by Gasteiger charge is 2.15. The number of halogens is 1. The van der Waals surface area contributed by atoms with Crippen molar-refractivity contribution < 1.29 is 9.72 Å². The molecule has 0 aliphatic heterocycles. The molecule has 0 aliphatic rings. The zero-order chi connectivity index (χ0) is 13.8. The van der Waals surface area contributed by atoms with Crippen molar-refractivity contribution in [2.75, 3.05) is 5.32 Å². The summed E-state index contributed by atoms with van der Waals surface area (Å²) in [5.74, 6) is -0.368. The Kier molecular flexibility index (Phi) is 4.10. The topological polar surface area (TPSA) is 72.2 Å². The van der Waals surface area contributed by atoms with Gasteiger partial charge in [-0.25, -0.2) is 0 Å². The number of benzene rings is 2.